The first-order chi connectivity index (χ1) is 13.8. The van der Waals surface area contributed by atoms with Gasteiger partial charge < -0.3 is 14.5 Å². The molecule has 0 atom stereocenters. The summed E-state index contributed by atoms with van der Waals surface area (Å²) in [6.45, 7) is 10.4. The first-order valence-electron chi connectivity index (χ1n) is 10.2. The molecule has 1 aliphatic rings. The van der Waals surface area contributed by atoms with Crippen LogP contribution in [0.25, 0.3) is 0 Å². The Bertz CT molecular complexity index is 866. The van der Waals surface area contributed by atoms with Crippen LogP contribution in [0.15, 0.2) is 42.5 Å². The number of carbonyl (C=O) groups is 2. The summed E-state index contributed by atoms with van der Waals surface area (Å²) in [4.78, 5) is 28.8. The molecule has 0 bridgehead atoms. The lowest BCUT2D eigenvalue weighted by Crippen LogP contribution is -2.51. The smallest absolute Gasteiger partial charge is 0.260 e. The van der Waals surface area contributed by atoms with Crippen molar-refractivity contribution < 1.29 is 14.3 Å². The van der Waals surface area contributed by atoms with E-state index in [9.17, 15) is 9.59 Å². The van der Waals surface area contributed by atoms with Gasteiger partial charge in [0, 0.05) is 31.7 Å². The van der Waals surface area contributed by atoms with Gasteiger partial charge in [-0.3, -0.25) is 9.59 Å². The Balaban J connectivity index is 1.50. The van der Waals surface area contributed by atoms with Crippen molar-refractivity contribution in [1.29, 1.82) is 0 Å². The molecule has 0 N–H and O–H groups in total. The highest BCUT2D eigenvalue weighted by Crippen LogP contribution is 2.19. The van der Waals surface area contributed by atoms with E-state index in [1.54, 1.807) is 4.90 Å². The van der Waals surface area contributed by atoms with Crippen LogP contribution in [0.1, 0.15) is 46.8 Å². The molecule has 0 radical (unpaired) electrons. The molecule has 3 rings (SSSR count). The molecule has 1 aliphatic heterocycles. The van der Waals surface area contributed by atoms with E-state index >= 15 is 0 Å². The summed E-state index contributed by atoms with van der Waals surface area (Å²) in [5.41, 5.74) is 4.12. The molecule has 29 heavy (non-hydrogen) atoms. The molecular weight excluding hydrogens is 364 g/mol. The number of ether oxygens (including phenoxy) is 1. The van der Waals surface area contributed by atoms with Crippen molar-refractivity contribution in [2.24, 2.45) is 0 Å². The van der Waals surface area contributed by atoms with E-state index in [0.29, 0.717) is 37.7 Å². The van der Waals surface area contributed by atoms with Crippen LogP contribution < -0.4 is 4.74 Å². The first-order valence-corrected chi connectivity index (χ1v) is 10.2. The van der Waals surface area contributed by atoms with Crippen LogP contribution in [0.2, 0.25) is 0 Å². The molecule has 1 saturated heterocycles. The van der Waals surface area contributed by atoms with Crippen molar-refractivity contribution >= 4 is 11.8 Å². The fourth-order valence-electron chi connectivity index (χ4n) is 3.54. The van der Waals surface area contributed by atoms with E-state index in [0.717, 1.165) is 11.3 Å². The third kappa shape index (κ3) is 5.17. The molecule has 1 heterocycles. The topological polar surface area (TPSA) is 49.9 Å². The molecule has 5 heteroatoms. The zero-order chi connectivity index (χ0) is 21.0. The number of amides is 2. The van der Waals surface area contributed by atoms with Gasteiger partial charge in [-0.2, -0.15) is 0 Å². The lowest BCUT2D eigenvalue weighted by atomic mass is 10.0. The van der Waals surface area contributed by atoms with Crippen molar-refractivity contribution in [2.75, 3.05) is 32.8 Å². The lowest BCUT2D eigenvalue weighted by Gasteiger charge is -2.34. The number of nitrogens with zero attached hydrogens (tertiary/aromatic N) is 2. The molecule has 154 valence electrons. The predicted molar refractivity (Wildman–Crippen MR) is 114 cm³/mol. The average molecular weight is 395 g/mol. The minimum atomic E-state index is -0.0432. The standard InChI is InChI=1S/C24H30N2O3/c1-17(2)20-6-8-21(9-7-20)24(28)26-13-11-25(12-14-26)23(27)16-29-22-10-5-18(3)15-19(22)4/h5-10,15,17H,11-14,16H2,1-4H3. The Morgan fingerprint density at radius 3 is 2.14 bits per heavy atom. The van der Waals surface area contributed by atoms with Crippen molar-refractivity contribution in [2.45, 2.75) is 33.6 Å². The van der Waals surface area contributed by atoms with Crippen molar-refractivity contribution in [3.63, 3.8) is 0 Å². The van der Waals surface area contributed by atoms with Crippen LogP contribution in [0, 0.1) is 13.8 Å². The van der Waals surface area contributed by atoms with Crippen LogP contribution in [0.5, 0.6) is 5.75 Å². The maximum atomic E-state index is 12.7. The van der Waals surface area contributed by atoms with E-state index in [4.69, 9.17) is 4.74 Å². The van der Waals surface area contributed by atoms with Gasteiger partial charge in [-0.05, 0) is 49.1 Å². The third-order valence-corrected chi connectivity index (χ3v) is 5.43. The van der Waals surface area contributed by atoms with Gasteiger partial charge in [0.1, 0.15) is 5.75 Å². The lowest BCUT2D eigenvalue weighted by molar-refractivity contribution is -0.134. The number of carbonyl (C=O) groups excluding carboxylic acids is 2. The van der Waals surface area contributed by atoms with Crippen LogP contribution >= 0.6 is 0 Å². The largest absolute Gasteiger partial charge is 0.484 e. The van der Waals surface area contributed by atoms with Crippen LogP contribution in [0.3, 0.4) is 0 Å². The number of piperazine rings is 1. The minimum Gasteiger partial charge on any atom is -0.484 e. The maximum Gasteiger partial charge on any atom is 0.260 e. The SMILES string of the molecule is Cc1ccc(OCC(=O)N2CCN(C(=O)c3ccc(C(C)C)cc3)CC2)c(C)c1. The molecule has 1 fully saturated rings. The quantitative estimate of drug-likeness (QED) is 0.775. The van der Waals surface area contributed by atoms with Crippen LogP contribution in [-0.4, -0.2) is 54.4 Å². The van der Waals surface area contributed by atoms with Crippen molar-refractivity contribution in [3.05, 3.63) is 64.7 Å². The third-order valence-electron chi connectivity index (χ3n) is 5.43. The van der Waals surface area contributed by atoms with Gasteiger partial charge >= 0.3 is 0 Å². The number of hydrogen-bond acceptors (Lipinski definition) is 3. The van der Waals surface area contributed by atoms with Crippen molar-refractivity contribution in [1.82, 2.24) is 9.80 Å². The Labute approximate surface area is 173 Å². The summed E-state index contributed by atoms with van der Waals surface area (Å²) in [5, 5.41) is 0. The summed E-state index contributed by atoms with van der Waals surface area (Å²) < 4.78 is 5.71. The molecule has 0 aliphatic carbocycles. The Morgan fingerprint density at radius 1 is 0.931 bits per heavy atom. The number of aryl methyl sites for hydroxylation is 2. The van der Waals surface area contributed by atoms with Gasteiger partial charge in [0.15, 0.2) is 6.61 Å². The Morgan fingerprint density at radius 2 is 1.55 bits per heavy atom. The normalized spacial score (nSPS) is 14.2. The van der Waals surface area contributed by atoms with Gasteiger partial charge in [0.2, 0.25) is 0 Å². The fourth-order valence-corrected chi connectivity index (χ4v) is 3.54. The second-order valence-electron chi connectivity index (χ2n) is 8.01. The second kappa shape index (κ2) is 9.12. The summed E-state index contributed by atoms with van der Waals surface area (Å²) in [6.07, 6.45) is 0. The fraction of sp³-hybridized carbons (Fsp3) is 0.417. The number of rotatable bonds is 5. The van der Waals surface area contributed by atoms with E-state index < -0.39 is 0 Å². The molecule has 2 aromatic rings. The summed E-state index contributed by atoms with van der Waals surface area (Å²) in [6, 6.07) is 13.7. The summed E-state index contributed by atoms with van der Waals surface area (Å²) in [5.74, 6) is 1.17. The highest BCUT2D eigenvalue weighted by molar-refractivity contribution is 5.94. The van der Waals surface area contributed by atoms with Gasteiger partial charge in [-0.1, -0.05) is 43.7 Å². The molecule has 2 amide bonds. The summed E-state index contributed by atoms with van der Waals surface area (Å²) in [7, 11) is 0. The zero-order valence-corrected chi connectivity index (χ0v) is 17.8. The Kier molecular flexibility index (Phi) is 6.57. The molecule has 2 aromatic carbocycles. The van der Waals surface area contributed by atoms with E-state index in [-0.39, 0.29) is 18.4 Å². The van der Waals surface area contributed by atoms with E-state index in [1.807, 2.05) is 61.2 Å². The summed E-state index contributed by atoms with van der Waals surface area (Å²) >= 11 is 0. The monoisotopic (exact) mass is 394 g/mol. The zero-order valence-electron chi connectivity index (χ0n) is 17.8. The second-order valence-corrected chi connectivity index (χ2v) is 8.01. The van der Waals surface area contributed by atoms with Crippen molar-refractivity contribution in [3.8, 4) is 5.75 Å². The van der Waals surface area contributed by atoms with Gasteiger partial charge in [-0.15, -0.1) is 0 Å². The van der Waals surface area contributed by atoms with Gasteiger partial charge in [0.25, 0.3) is 11.8 Å². The highest BCUT2D eigenvalue weighted by atomic mass is 16.5. The molecule has 0 unspecified atom stereocenters. The number of hydrogen-bond donors (Lipinski definition) is 0. The Hall–Kier alpha value is -2.82. The van der Waals surface area contributed by atoms with E-state index in [1.165, 1.54) is 11.1 Å². The van der Waals surface area contributed by atoms with E-state index in [2.05, 4.69) is 13.8 Å². The first kappa shape index (κ1) is 20.9. The van der Waals surface area contributed by atoms with Gasteiger partial charge in [0.05, 0.1) is 0 Å². The maximum absolute atomic E-state index is 12.7. The predicted octanol–water partition coefficient (Wildman–Crippen LogP) is 3.79. The molecule has 0 saturated carbocycles. The highest BCUT2D eigenvalue weighted by Gasteiger charge is 2.25. The molecular formula is C24H30N2O3. The molecule has 5 nitrogen and oxygen atoms in total. The minimum absolute atomic E-state index is 0.0223. The average Bonchev–Trinajstić information content (AvgIpc) is 2.72. The van der Waals surface area contributed by atoms with Crippen LogP contribution in [-0.2, 0) is 4.79 Å². The molecule has 0 spiro atoms. The number of benzene rings is 2. The van der Waals surface area contributed by atoms with Gasteiger partial charge in [-0.25, -0.2) is 0 Å². The van der Waals surface area contributed by atoms with Crippen LogP contribution in [0.4, 0.5) is 0 Å². The molecule has 0 aromatic heterocycles.